The summed E-state index contributed by atoms with van der Waals surface area (Å²) in [5.74, 6) is 0.894. The predicted molar refractivity (Wildman–Crippen MR) is 83.7 cm³/mol. The average Bonchev–Trinajstić information content (AvgIpc) is 2.42. The maximum atomic E-state index is 6.05. The topological polar surface area (TPSA) is 38.0 Å². The van der Waals surface area contributed by atoms with Crippen molar-refractivity contribution in [2.75, 3.05) is 11.9 Å². The van der Waals surface area contributed by atoms with Gasteiger partial charge in [-0.3, -0.25) is 0 Å². The van der Waals surface area contributed by atoms with E-state index in [1.165, 1.54) is 38.5 Å². The fourth-order valence-electron chi connectivity index (χ4n) is 3.18. The van der Waals surface area contributed by atoms with E-state index in [1.807, 2.05) is 18.2 Å². The molecule has 0 heterocycles. The number of hydrogen-bond acceptors (Lipinski definition) is 2. The monoisotopic (exact) mass is 280 g/mol. The summed E-state index contributed by atoms with van der Waals surface area (Å²) >= 11 is 6.04. The number of benzene rings is 1. The zero-order valence-electron chi connectivity index (χ0n) is 11.8. The van der Waals surface area contributed by atoms with E-state index >= 15 is 0 Å². The third-order valence-corrected chi connectivity index (χ3v) is 4.62. The Morgan fingerprint density at radius 1 is 1.37 bits per heavy atom. The second-order valence-electron chi connectivity index (χ2n) is 5.85. The van der Waals surface area contributed by atoms with E-state index in [4.69, 9.17) is 17.3 Å². The molecule has 3 heteroatoms. The highest BCUT2D eigenvalue weighted by Crippen LogP contribution is 2.36. The van der Waals surface area contributed by atoms with Crippen LogP contribution in [0.4, 0.5) is 5.69 Å². The van der Waals surface area contributed by atoms with Crippen LogP contribution in [0, 0.1) is 5.92 Å². The van der Waals surface area contributed by atoms with Crippen molar-refractivity contribution in [3.05, 3.63) is 29.3 Å². The molecule has 3 N–H and O–H groups in total. The van der Waals surface area contributed by atoms with Gasteiger partial charge in [0.25, 0.3) is 0 Å². The van der Waals surface area contributed by atoms with Crippen LogP contribution in [0.25, 0.3) is 0 Å². The molecule has 1 aliphatic rings. The van der Waals surface area contributed by atoms with Crippen molar-refractivity contribution in [1.82, 2.24) is 0 Å². The molecule has 19 heavy (non-hydrogen) atoms. The van der Waals surface area contributed by atoms with Crippen LogP contribution in [-0.2, 0) is 0 Å². The van der Waals surface area contributed by atoms with E-state index < -0.39 is 0 Å². The second-order valence-corrected chi connectivity index (χ2v) is 6.29. The van der Waals surface area contributed by atoms with Crippen molar-refractivity contribution < 1.29 is 0 Å². The summed E-state index contributed by atoms with van der Waals surface area (Å²) in [6.45, 7) is 2.97. The number of halogens is 1. The van der Waals surface area contributed by atoms with E-state index in [2.05, 4.69) is 18.3 Å². The molecule has 106 valence electrons. The smallest absolute Gasteiger partial charge is 0.0495 e. The van der Waals surface area contributed by atoms with Gasteiger partial charge < -0.3 is 11.1 Å². The van der Waals surface area contributed by atoms with Crippen LogP contribution in [0.5, 0.6) is 0 Å². The molecule has 1 fully saturated rings. The summed E-state index contributed by atoms with van der Waals surface area (Å²) in [7, 11) is 0. The third-order valence-electron chi connectivity index (χ3n) is 4.38. The van der Waals surface area contributed by atoms with E-state index in [0.717, 1.165) is 16.6 Å². The van der Waals surface area contributed by atoms with Crippen LogP contribution in [-0.4, -0.2) is 12.1 Å². The van der Waals surface area contributed by atoms with Crippen LogP contribution < -0.4 is 11.1 Å². The normalized spacial score (nSPS) is 27.2. The zero-order valence-corrected chi connectivity index (χ0v) is 12.5. The average molecular weight is 281 g/mol. The summed E-state index contributed by atoms with van der Waals surface area (Å²) in [6.07, 6.45) is 7.57. The fraction of sp³-hybridized carbons (Fsp3) is 0.625. The van der Waals surface area contributed by atoms with Crippen molar-refractivity contribution in [2.45, 2.75) is 51.0 Å². The zero-order chi connectivity index (χ0) is 13.7. The Morgan fingerprint density at radius 2 is 2.11 bits per heavy atom. The van der Waals surface area contributed by atoms with Gasteiger partial charge in [-0.05, 0) is 49.8 Å². The maximum Gasteiger partial charge on any atom is 0.0495 e. The minimum atomic E-state index is 0.0644. The first-order valence-corrected chi connectivity index (χ1v) is 7.79. The molecule has 1 aromatic carbocycles. The van der Waals surface area contributed by atoms with Gasteiger partial charge in [-0.1, -0.05) is 37.4 Å². The number of nitrogens with two attached hydrogens (primary N) is 1. The lowest BCUT2D eigenvalue weighted by atomic mass is 9.75. The largest absolute Gasteiger partial charge is 0.378 e. The molecule has 0 saturated heterocycles. The Kier molecular flexibility index (Phi) is 5.12. The molecule has 1 aromatic rings. The summed E-state index contributed by atoms with van der Waals surface area (Å²) in [6, 6.07) is 7.94. The Labute approximate surface area is 121 Å². The van der Waals surface area contributed by atoms with E-state index in [9.17, 15) is 0 Å². The minimum absolute atomic E-state index is 0.0644. The van der Waals surface area contributed by atoms with Crippen LogP contribution >= 0.6 is 11.6 Å². The molecule has 0 aliphatic heterocycles. The maximum absolute atomic E-state index is 6.05. The van der Waals surface area contributed by atoms with Crippen molar-refractivity contribution in [1.29, 1.82) is 0 Å². The van der Waals surface area contributed by atoms with Gasteiger partial charge in [0.05, 0.1) is 0 Å². The first kappa shape index (κ1) is 14.7. The van der Waals surface area contributed by atoms with Gasteiger partial charge in [0.2, 0.25) is 0 Å². The molecule has 2 nitrogen and oxygen atoms in total. The third kappa shape index (κ3) is 3.87. The molecule has 0 atom stereocenters. The van der Waals surface area contributed by atoms with Crippen molar-refractivity contribution >= 4 is 17.3 Å². The molecule has 0 amide bonds. The van der Waals surface area contributed by atoms with Crippen LogP contribution in [0.2, 0.25) is 5.02 Å². The number of nitrogens with one attached hydrogen (secondary N) is 1. The van der Waals surface area contributed by atoms with Gasteiger partial charge in [0.15, 0.2) is 0 Å². The lowest BCUT2D eigenvalue weighted by Crippen LogP contribution is -2.48. The first-order valence-electron chi connectivity index (χ1n) is 7.41. The molecular formula is C16H25ClN2. The van der Waals surface area contributed by atoms with Crippen molar-refractivity contribution in [3.63, 3.8) is 0 Å². The van der Waals surface area contributed by atoms with Gasteiger partial charge in [0, 0.05) is 22.8 Å². The molecule has 2 rings (SSSR count). The van der Waals surface area contributed by atoms with E-state index in [1.54, 1.807) is 0 Å². The Morgan fingerprint density at radius 3 is 2.68 bits per heavy atom. The molecule has 1 aliphatic carbocycles. The van der Waals surface area contributed by atoms with Crippen LogP contribution in [0.15, 0.2) is 24.3 Å². The van der Waals surface area contributed by atoms with E-state index in [-0.39, 0.29) is 5.54 Å². The van der Waals surface area contributed by atoms with Crippen molar-refractivity contribution in [3.8, 4) is 0 Å². The molecule has 0 bridgehead atoms. The standard InChI is InChI=1S/C16H25ClN2/c1-2-4-13-7-9-16(12-18,10-8-13)19-15-6-3-5-14(17)11-15/h3,5-6,11,13,19H,2,4,7-10,12,18H2,1H3. The Hall–Kier alpha value is -0.730. The second kappa shape index (κ2) is 6.62. The van der Waals surface area contributed by atoms with Gasteiger partial charge in [0.1, 0.15) is 0 Å². The highest BCUT2D eigenvalue weighted by atomic mass is 35.5. The number of anilines is 1. The lowest BCUT2D eigenvalue weighted by Gasteiger charge is -2.41. The quantitative estimate of drug-likeness (QED) is 0.837. The molecule has 0 aromatic heterocycles. The van der Waals surface area contributed by atoms with Crippen LogP contribution in [0.3, 0.4) is 0 Å². The Balaban J connectivity index is 2.00. The fourth-order valence-corrected chi connectivity index (χ4v) is 3.37. The van der Waals surface area contributed by atoms with Gasteiger partial charge in [-0.2, -0.15) is 0 Å². The van der Waals surface area contributed by atoms with Crippen LogP contribution in [0.1, 0.15) is 45.4 Å². The molecule has 1 saturated carbocycles. The Bertz CT molecular complexity index is 397. The highest BCUT2D eigenvalue weighted by Gasteiger charge is 2.33. The predicted octanol–water partition coefficient (Wildman–Crippen LogP) is 4.44. The molecule has 0 radical (unpaired) electrons. The summed E-state index contributed by atoms with van der Waals surface area (Å²) in [5.41, 5.74) is 7.20. The molecular weight excluding hydrogens is 256 g/mol. The number of rotatable bonds is 5. The summed E-state index contributed by atoms with van der Waals surface area (Å²) < 4.78 is 0. The molecule has 0 unspecified atom stereocenters. The van der Waals surface area contributed by atoms with Gasteiger partial charge in [-0.15, -0.1) is 0 Å². The first-order chi connectivity index (χ1) is 9.17. The summed E-state index contributed by atoms with van der Waals surface area (Å²) in [5, 5.41) is 4.41. The van der Waals surface area contributed by atoms with Gasteiger partial charge in [-0.25, -0.2) is 0 Å². The van der Waals surface area contributed by atoms with Crippen molar-refractivity contribution in [2.24, 2.45) is 11.7 Å². The lowest BCUT2D eigenvalue weighted by molar-refractivity contribution is 0.247. The SMILES string of the molecule is CCCC1CCC(CN)(Nc2cccc(Cl)c2)CC1. The summed E-state index contributed by atoms with van der Waals surface area (Å²) in [4.78, 5) is 0. The van der Waals surface area contributed by atoms with E-state index in [0.29, 0.717) is 6.54 Å². The minimum Gasteiger partial charge on any atom is -0.378 e. The molecule has 0 spiro atoms. The highest BCUT2D eigenvalue weighted by molar-refractivity contribution is 6.30. The van der Waals surface area contributed by atoms with Gasteiger partial charge >= 0.3 is 0 Å². The number of hydrogen-bond donors (Lipinski definition) is 2.